The highest BCUT2D eigenvalue weighted by atomic mass is 16.5. The van der Waals surface area contributed by atoms with Crippen molar-refractivity contribution in [1.82, 2.24) is 0 Å². The molecule has 0 spiro atoms. The molecule has 0 aromatic heterocycles. The van der Waals surface area contributed by atoms with Crippen molar-refractivity contribution in [2.24, 2.45) is 0 Å². The van der Waals surface area contributed by atoms with Gasteiger partial charge in [-0.2, -0.15) is 0 Å². The average molecular weight is 208 g/mol. The number of ether oxygens (including phenoxy) is 4. The fraction of sp³-hybridized carbons (Fsp3) is 1.00. The van der Waals surface area contributed by atoms with Crippen LogP contribution in [0.5, 0.6) is 0 Å². The molecule has 0 amide bonds. The molecule has 0 fully saturated rings. The smallest absolute Gasteiger partial charge is 0.0701 e. The van der Waals surface area contributed by atoms with Gasteiger partial charge in [-0.15, -0.1) is 0 Å². The summed E-state index contributed by atoms with van der Waals surface area (Å²) in [6, 6.07) is 0. The summed E-state index contributed by atoms with van der Waals surface area (Å²) in [5.74, 6) is 0. The zero-order valence-corrected chi connectivity index (χ0v) is 9.88. The maximum atomic E-state index is 5.06. The lowest BCUT2D eigenvalue weighted by Gasteiger charge is -2.00. The summed E-state index contributed by atoms with van der Waals surface area (Å²) in [4.78, 5) is 0. The van der Waals surface area contributed by atoms with Crippen LogP contribution in [0.3, 0.4) is 0 Å². The Labute approximate surface area is 87.5 Å². The van der Waals surface area contributed by atoms with Crippen LogP contribution in [0.15, 0.2) is 0 Å². The Balaban J connectivity index is 0. The minimum absolute atomic E-state index is 0.653. The first-order valence-corrected chi connectivity index (χ1v) is 4.96. The third-order valence-corrected chi connectivity index (χ3v) is 1.27. The quantitative estimate of drug-likeness (QED) is 0.564. The number of hydrogen-bond donors (Lipinski definition) is 0. The molecular formula is C10H24O4. The summed E-state index contributed by atoms with van der Waals surface area (Å²) < 4.78 is 19.4. The third kappa shape index (κ3) is 22.6. The highest BCUT2D eigenvalue weighted by Gasteiger charge is 1.84. The summed E-state index contributed by atoms with van der Waals surface area (Å²) in [6.45, 7) is 8.28. The second-order valence-electron chi connectivity index (χ2n) is 2.38. The van der Waals surface area contributed by atoms with Crippen molar-refractivity contribution < 1.29 is 18.9 Å². The Kier molecular flexibility index (Phi) is 21.6. The molecule has 0 aliphatic rings. The fourth-order valence-electron chi connectivity index (χ4n) is 0.591. The van der Waals surface area contributed by atoms with Crippen LogP contribution >= 0.6 is 0 Å². The molecule has 0 heterocycles. The first-order valence-electron chi connectivity index (χ1n) is 4.96. The zero-order chi connectivity index (χ0) is 11.1. The monoisotopic (exact) mass is 208 g/mol. The van der Waals surface area contributed by atoms with Crippen molar-refractivity contribution in [3.8, 4) is 0 Å². The van der Waals surface area contributed by atoms with Gasteiger partial charge in [0, 0.05) is 27.4 Å². The molecule has 0 saturated carbocycles. The van der Waals surface area contributed by atoms with Crippen LogP contribution in [-0.4, -0.2) is 53.9 Å². The van der Waals surface area contributed by atoms with Gasteiger partial charge in [0.25, 0.3) is 0 Å². The molecule has 0 aliphatic carbocycles. The standard InChI is InChI=1S/C6H14O3.C4H10O/c1-7-3-5-9-6-4-8-2;1-3-5-4-2/h3-6H2,1-2H3;3-4H2,1-2H3. The molecule has 14 heavy (non-hydrogen) atoms. The van der Waals surface area contributed by atoms with E-state index in [9.17, 15) is 0 Å². The van der Waals surface area contributed by atoms with Crippen molar-refractivity contribution in [2.75, 3.05) is 53.9 Å². The van der Waals surface area contributed by atoms with Gasteiger partial charge >= 0.3 is 0 Å². The van der Waals surface area contributed by atoms with E-state index in [4.69, 9.17) is 18.9 Å². The van der Waals surface area contributed by atoms with Crippen LogP contribution in [-0.2, 0) is 18.9 Å². The van der Waals surface area contributed by atoms with E-state index in [0.717, 1.165) is 13.2 Å². The van der Waals surface area contributed by atoms with Crippen molar-refractivity contribution in [2.45, 2.75) is 13.8 Å². The Morgan fingerprint density at radius 2 is 1.07 bits per heavy atom. The molecule has 0 bridgehead atoms. The predicted octanol–water partition coefficient (Wildman–Crippen LogP) is 1.34. The van der Waals surface area contributed by atoms with Crippen LogP contribution in [0.4, 0.5) is 0 Å². The first-order chi connectivity index (χ1) is 6.83. The normalized spacial score (nSPS) is 9.43. The van der Waals surface area contributed by atoms with Crippen molar-refractivity contribution in [1.29, 1.82) is 0 Å². The van der Waals surface area contributed by atoms with Gasteiger partial charge in [0.2, 0.25) is 0 Å². The fourth-order valence-corrected chi connectivity index (χ4v) is 0.591. The second-order valence-corrected chi connectivity index (χ2v) is 2.38. The SMILES string of the molecule is CCOCC.COCCOCCOC. The van der Waals surface area contributed by atoms with E-state index in [2.05, 4.69) is 0 Å². The molecular weight excluding hydrogens is 184 g/mol. The van der Waals surface area contributed by atoms with Crippen LogP contribution < -0.4 is 0 Å². The van der Waals surface area contributed by atoms with Gasteiger partial charge in [-0.1, -0.05) is 0 Å². The van der Waals surface area contributed by atoms with Gasteiger partial charge in [-0.3, -0.25) is 0 Å². The molecule has 4 heteroatoms. The Hall–Kier alpha value is -0.160. The van der Waals surface area contributed by atoms with Crippen molar-refractivity contribution in [3.63, 3.8) is 0 Å². The summed E-state index contributed by atoms with van der Waals surface area (Å²) in [5.41, 5.74) is 0. The summed E-state index contributed by atoms with van der Waals surface area (Å²) in [5, 5.41) is 0. The number of rotatable bonds is 8. The number of methoxy groups -OCH3 is 2. The molecule has 0 radical (unpaired) electrons. The second kappa shape index (κ2) is 18.6. The van der Waals surface area contributed by atoms with Crippen LogP contribution in [0.1, 0.15) is 13.8 Å². The van der Waals surface area contributed by atoms with Crippen molar-refractivity contribution >= 4 is 0 Å². The summed E-state index contributed by atoms with van der Waals surface area (Å²) >= 11 is 0. The largest absolute Gasteiger partial charge is 0.382 e. The molecule has 0 N–H and O–H groups in total. The molecule has 0 aromatic carbocycles. The zero-order valence-electron chi connectivity index (χ0n) is 9.88. The highest BCUT2D eigenvalue weighted by Crippen LogP contribution is 1.75. The van der Waals surface area contributed by atoms with Gasteiger partial charge in [-0.25, -0.2) is 0 Å². The minimum Gasteiger partial charge on any atom is -0.382 e. The topological polar surface area (TPSA) is 36.9 Å². The molecule has 0 aliphatic heterocycles. The maximum Gasteiger partial charge on any atom is 0.0701 e. The van der Waals surface area contributed by atoms with E-state index in [-0.39, 0.29) is 0 Å². The van der Waals surface area contributed by atoms with Gasteiger partial charge in [0.05, 0.1) is 26.4 Å². The van der Waals surface area contributed by atoms with Crippen molar-refractivity contribution in [3.05, 3.63) is 0 Å². The molecule has 88 valence electrons. The van der Waals surface area contributed by atoms with E-state index in [0.29, 0.717) is 26.4 Å². The van der Waals surface area contributed by atoms with E-state index in [1.807, 2.05) is 13.8 Å². The maximum absolute atomic E-state index is 5.06. The lowest BCUT2D eigenvalue weighted by molar-refractivity contribution is 0.0385. The van der Waals surface area contributed by atoms with Crippen LogP contribution in [0.2, 0.25) is 0 Å². The summed E-state index contributed by atoms with van der Waals surface area (Å²) in [6.07, 6.45) is 0. The summed E-state index contributed by atoms with van der Waals surface area (Å²) in [7, 11) is 3.30. The van der Waals surface area contributed by atoms with Crippen LogP contribution in [0, 0.1) is 0 Å². The predicted molar refractivity (Wildman–Crippen MR) is 56.7 cm³/mol. The Morgan fingerprint density at radius 1 is 0.643 bits per heavy atom. The third-order valence-electron chi connectivity index (χ3n) is 1.27. The lowest BCUT2D eigenvalue weighted by Crippen LogP contribution is -2.06. The molecule has 0 saturated heterocycles. The Bertz CT molecular complexity index is 70.5. The van der Waals surface area contributed by atoms with E-state index >= 15 is 0 Å². The molecule has 4 nitrogen and oxygen atoms in total. The molecule has 0 rings (SSSR count). The average Bonchev–Trinajstić information content (AvgIpc) is 2.20. The van der Waals surface area contributed by atoms with E-state index in [1.54, 1.807) is 14.2 Å². The molecule has 0 aromatic rings. The van der Waals surface area contributed by atoms with E-state index in [1.165, 1.54) is 0 Å². The van der Waals surface area contributed by atoms with E-state index < -0.39 is 0 Å². The van der Waals surface area contributed by atoms with Crippen LogP contribution in [0.25, 0.3) is 0 Å². The van der Waals surface area contributed by atoms with Gasteiger partial charge in [0.15, 0.2) is 0 Å². The van der Waals surface area contributed by atoms with Gasteiger partial charge in [-0.05, 0) is 13.8 Å². The first kappa shape index (κ1) is 16.3. The van der Waals surface area contributed by atoms with Gasteiger partial charge < -0.3 is 18.9 Å². The minimum atomic E-state index is 0.653. The van der Waals surface area contributed by atoms with Gasteiger partial charge in [0.1, 0.15) is 0 Å². The Morgan fingerprint density at radius 3 is 1.29 bits per heavy atom. The highest BCUT2D eigenvalue weighted by molar-refractivity contribution is 4.28. The molecule has 0 atom stereocenters. The number of hydrogen-bond acceptors (Lipinski definition) is 4. The molecule has 0 unspecified atom stereocenters. The lowest BCUT2D eigenvalue weighted by atomic mass is 10.7.